The van der Waals surface area contributed by atoms with Crippen LogP contribution < -0.4 is 0 Å². The molecule has 0 nitrogen and oxygen atoms in total. The molecule has 0 saturated carbocycles. The summed E-state index contributed by atoms with van der Waals surface area (Å²) in [5.41, 5.74) is 0.936. The molecule has 1 rings (SSSR count). The summed E-state index contributed by atoms with van der Waals surface area (Å²) in [7, 11) is 0. The van der Waals surface area contributed by atoms with E-state index in [9.17, 15) is 4.39 Å². The van der Waals surface area contributed by atoms with Crippen molar-refractivity contribution in [2.45, 2.75) is 6.42 Å². The van der Waals surface area contributed by atoms with Crippen LogP contribution in [0, 0.1) is 5.82 Å². The zero-order chi connectivity index (χ0) is 8.27. The highest BCUT2D eigenvalue weighted by molar-refractivity contribution is 7.78. The van der Waals surface area contributed by atoms with Crippen molar-refractivity contribution >= 4 is 29.2 Å². The lowest BCUT2D eigenvalue weighted by Gasteiger charge is -1.96. The van der Waals surface area contributed by atoms with Gasteiger partial charge in [0.25, 0.3) is 0 Å². The highest BCUT2D eigenvalue weighted by Crippen LogP contribution is 2.15. The summed E-state index contributed by atoms with van der Waals surface area (Å²) in [6, 6.07) is 4.60. The summed E-state index contributed by atoms with van der Waals surface area (Å²) in [5.74, 6) is -0.389. The van der Waals surface area contributed by atoms with Crippen molar-refractivity contribution in [1.29, 1.82) is 0 Å². The molecule has 0 amide bonds. The van der Waals surface area contributed by atoms with Gasteiger partial charge >= 0.3 is 0 Å². The molecule has 1 aromatic rings. The molecule has 0 radical (unpaired) electrons. The van der Waals surface area contributed by atoms with E-state index >= 15 is 0 Å². The van der Waals surface area contributed by atoms with E-state index in [2.05, 4.69) is 12.2 Å². The standard InChI is InChI=1S/C8H6ClFS/c9-7-5-6(3-4-11)1-2-8(7)10/h1-2,4-5H,3H2. The molecule has 58 valence electrons. The first-order valence-electron chi connectivity index (χ1n) is 3.11. The van der Waals surface area contributed by atoms with Crippen molar-refractivity contribution in [1.82, 2.24) is 0 Å². The van der Waals surface area contributed by atoms with Crippen LogP contribution in [0.3, 0.4) is 0 Å². The molecule has 0 unspecified atom stereocenters. The molecule has 0 saturated heterocycles. The fourth-order valence-corrected chi connectivity index (χ4v) is 1.16. The van der Waals surface area contributed by atoms with Gasteiger partial charge in [0.1, 0.15) is 5.82 Å². The maximum absolute atomic E-state index is 12.6. The summed E-state index contributed by atoms with van der Waals surface area (Å²) in [5, 5.41) is 1.74. The van der Waals surface area contributed by atoms with Crippen LogP contribution in [-0.2, 0) is 6.42 Å². The van der Waals surface area contributed by atoms with Crippen molar-refractivity contribution in [3.05, 3.63) is 34.6 Å². The van der Waals surface area contributed by atoms with Gasteiger partial charge in [0.15, 0.2) is 0 Å². The van der Waals surface area contributed by atoms with Gasteiger partial charge in [-0.3, -0.25) is 0 Å². The Morgan fingerprint density at radius 1 is 1.55 bits per heavy atom. The zero-order valence-electron chi connectivity index (χ0n) is 5.68. The van der Waals surface area contributed by atoms with Crippen molar-refractivity contribution in [3.63, 3.8) is 0 Å². The van der Waals surface area contributed by atoms with Crippen molar-refractivity contribution < 1.29 is 4.39 Å². The Bertz CT molecular complexity index is 273. The molecule has 0 heterocycles. The first kappa shape index (κ1) is 8.62. The van der Waals surface area contributed by atoms with Crippen LogP contribution in [0.1, 0.15) is 5.56 Å². The second kappa shape index (κ2) is 3.79. The molecule has 0 fully saturated rings. The number of halogens is 2. The molecule has 11 heavy (non-hydrogen) atoms. The van der Waals surface area contributed by atoms with E-state index in [1.165, 1.54) is 6.07 Å². The van der Waals surface area contributed by atoms with E-state index < -0.39 is 0 Å². The first-order valence-corrected chi connectivity index (χ1v) is 3.96. The monoisotopic (exact) mass is 188 g/mol. The van der Waals surface area contributed by atoms with Gasteiger partial charge in [0.2, 0.25) is 0 Å². The molecule has 0 N–H and O–H groups in total. The fourth-order valence-electron chi connectivity index (χ4n) is 0.763. The molecule has 0 atom stereocenters. The molecular formula is C8H6ClFS. The highest BCUT2D eigenvalue weighted by Gasteiger charge is 1.98. The number of benzene rings is 1. The summed E-state index contributed by atoms with van der Waals surface area (Å²) >= 11 is 10.2. The SMILES string of the molecule is Fc1ccc(CC=S)cc1Cl. The lowest BCUT2D eigenvalue weighted by atomic mass is 10.2. The number of hydrogen-bond donors (Lipinski definition) is 0. The molecule has 0 spiro atoms. The van der Waals surface area contributed by atoms with E-state index in [4.69, 9.17) is 11.6 Å². The quantitative estimate of drug-likeness (QED) is 0.643. The van der Waals surface area contributed by atoms with E-state index in [-0.39, 0.29) is 10.8 Å². The van der Waals surface area contributed by atoms with E-state index in [1.54, 1.807) is 17.5 Å². The Labute approximate surface area is 75.0 Å². The van der Waals surface area contributed by atoms with Crippen LogP contribution in [0.5, 0.6) is 0 Å². The molecule has 1 aromatic carbocycles. The minimum Gasteiger partial charge on any atom is -0.205 e. The first-order chi connectivity index (χ1) is 5.24. The third-order valence-corrected chi connectivity index (χ3v) is 1.76. The van der Waals surface area contributed by atoms with Crippen LogP contribution in [0.2, 0.25) is 5.02 Å². The number of hydrogen-bond acceptors (Lipinski definition) is 1. The van der Waals surface area contributed by atoms with Crippen LogP contribution in [0.25, 0.3) is 0 Å². The zero-order valence-corrected chi connectivity index (χ0v) is 7.25. The highest BCUT2D eigenvalue weighted by atomic mass is 35.5. The van der Waals surface area contributed by atoms with Gasteiger partial charge in [0.05, 0.1) is 5.02 Å². The van der Waals surface area contributed by atoms with E-state index in [1.807, 2.05) is 0 Å². The van der Waals surface area contributed by atoms with Crippen LogP contribution >= 0.6 is 23.8 Å². The van der Waals surface area contributed by atoms with Gasteiger partial charge in [-0.1, -0.05) is 29.9 Å². The summed E-state index contributed by atoms with van der Waals surface area (Å²) in [6.45, 7) is 0. The average molecular weight is 189 g/mol. The van der Waals surface area contributed by atoms with Gasteiger partial charge in [-0.05, 0) is 23.1 Å². The third-order valence-electron chi connectivity index (χ3n) is 1.30. The van der Waals surface area contributed by atoms with Gasteiger partial charge < -0.3 is 0 Å². The molecule has 0 bridgehead atoms. The molecule has 3 heteroatoms. The van der Waals surface area contributed by atoms with Gasteiger partial charge in [0, 0.05) is 6.42 Å². The molecule has 0 aliphatic heterocycles. The summed E-state index contributed by atoms with van der Waals surface area (Å²) < 4.78 is 12.6. The van der Waals surface area contributed by atoms with Crippen LogP contribution in [-0.4, -0.2) is 5.37 Å². The predicted octanol–water partition coefficient (Wildman–Crippen LogP) is 3.02. The Kier molecular flexibility index (Phi) is 2.97. The minimum absolute atomic E-state index is 0.152. The maximum Gasteiger partial charge on any atom is 0.141 e. The minimum atomic E-state index is -0.389. The predicted molar refractivity (Wildman–Crippen MR) is 48.8 cm³/mol. The summed E-state index contributed by atoms with van der Waals surface area (Å²) in [6.07, 6.45) is 0.648. The molecular weight excluding hydrogens is 183 g/mol. The second-order valence-electron chi connectivity index (χ2n) is 2.12. The average Bonchev–Trinajstić information content (AvgIpc) is 1.98. The number of rotatable bonds is 2. The Morgan fingerprint density at radius 2 is 2.27 bits per heavy atom. The van der Waals surface area contributed by atoms with Gasteiger partial charge in [-0.25, -0.2) is 4.39 Å². The lowest BCUT2D eigenvalue weighted by Crippen LogP contribution is -1.85. The lowest BCUT2D eigenvalue weighted by molar-refractivity contribution is 0.628. The maximum atomic E-state index is 12.6. The Balaban J connectivity index is 2.95. The third kappa shape index (κ3) is 2.24. The molecule has 0 aliphatic carbocycles. The van der Waals surface area contributed by atoms with Crippen molar-refractivity contribution in [3.8, 4) is 0 Å². The van der Waals surface area contributed by atoms with Gasteiger partial charge in [-0.15, -0.1) is 0 Å². The largest absolute Gasteiger partial charge is 0.205 e. The van der Waals surface area contributed by atoms with Crippen LogP contribution in [0.15, 0.2) is 18.2 Å². The van der Waals surface area contributed by atoms with Gasteiger partial charge in [-0.2, -0.15) is 0 Å². The van der Waals surface area contributed by atoms with Crippen LogP contribution in [0.4, 0.5) is 4.39 Å². The normalized spacial score (nSPS) is 9.64. The van der Waals surface area contributed by atoms with Crippen molar-refractivity contribution in [2.24, 2.45) is 0 Å². The smallest absolute Gasteiger partial charge is 0.141 e. The van der Waals surface area contributed by atoms with E-state index in [0.717, 1.165) is 5.56 Å². The van der Waals surface area contributed by atoms with E-state index in [0.29, 0.717) is 6.42 Å². The molecule has 0 aromatic heterocycles. The van der Waals surface area contributed by atoms with Crippen molar-refractivity contribution in [2.75, 3.05) is 0 Å². The molecule has 0 aliphatic rings. The topological polar surface area (TPSA) is 0 Å². The Hall–Kier alpha value is -0.470. The fraction of sp³-hybridized carbons (Fsp3) is 0.125. The second-order valence-corrected chi connectivity index (χ2v) is 2.86. The number of thiocarbonyl (C=S) groups is 1. The summed E-state index contributed by atoms with van der Waals surface area (Å²) in [4.78, 5) is 0. The Morgan fingerprint density at radius 3 is 2.82 bits per heavy atom.